The molecule has 0 N–H and O–H groups in total. The van der Waals surface area contributed by atoms with Crippen molar-refractivity contribution in [1.29, 1.82) is 0 Å². The molecule has 180 valence electrons. The summed E-state index contributed by atoms with van der Waals surface area (Å²) >= 11 is 0. The lowest BCUT2D eigenvalue weighted by atomic mass is 10.2. The van der Waals surface area contributed by atoms with Gasteiger partial charge >= 0.3 is 0 Å². The summed E-state index contributed by atoms with van der Waals surface area (Å²) in [5.74, 6) is 28.7. The summed E-state index contributed by atoms with van der Waals surface area (Å²) < 4.78 is 0. The van der Waals surface area contributed by atoms with E-state index in [0.29, 0.717) is 59.9 Å². The molecule has 1 heterocycles. The van der Waals surface area contributed by atoms with Gasteiger partial charge in [0.2, 0.25) is 11.8 Å². The number of amides is 2. The Morgan fingerprint density at radius 2 is 1.33 bits per heavy atom. The van der Waals surface area contributed by atoms with Crippen molar-refractivity contribution >= 4 is 60.8 Å². The largest absolute Gasteiger partial charge is 0.339 e. The van der Waals surface area contributed by atoms with Crippen LogP contribution in [0.2, 0.25) is 0 Å². The Labute approximate surface area is 226 Å². The summed E-state index contributed by atoms with van der Waals surface area (Å²) in [5.41, 5.74) is 8.82. The number of carbonyl (C=O) groups is 2. The standard InChI is InChI=1S/C26H24N2O2P6/c1-3-5-22-36(23-6-4-2)24-16-26(30)28-19-17-27(18-20-28)25(29)15-13-11-9-7-8-10-12-14-21-32-34-35-33-31/h1-2,32-35H,13,15-20,24,31H2. The smallest absolute Gasteiger partial charge is 0.223 e. The van der Waals surface area contributed by atoms with Gasteiger partial charge in [-0.3, -0.25) is 9.59 Å². The van der Waals surface area contributed by atoms with Gasteiger partial charge in [0.25, 0.3) is 0 Å². The first-order valence-corrected chi connectivity index (χ1v) is 20.9. The quantitative estimate of drug-likeness (QED) is 0.249. The van der Waals surface area contributed by atoms with Gasteiger partial charge in [0.05, 0.1) is 7.92 Å². The van der Waals surface area contributed by atoms with Crippen LogP contribution in [0.25, 0.3) is 0 Å². The van der Waals surface area contributed by atoms with Crippen LogP contribution in [0.3, 0.4) is 0 Å². The second-order valence-electron chi connectivity index (χ2n) is 6.50. The van der Waals surface area contributed by atoms with Gasteiger partial charge in [-0.2, -0.15) is 0 Å². The minimum absolute atomic E-state index is 0.0234. The molecule has 1 saturated heterocycles. The number of nitrogens with zero attached hydrogens (tertiary/aromatic N) is 2. The Bertz CT molecular complexity index is 1200. The molecule has 1 rings (SSSR count). The van der Waals surface area contributed by atoms with E-state index in [2.05, 4.69) is 91.0 Å². The third kappa shape index (κ3) is 15.9. The second kappa shape index (κ2) is 22.2. The first-order valence-electron chi connectivity index (χ1n) is 10.6. The highest BCUT2D eigenvalue weighted by Crippen LogP contribution is 2.64. The number of hydrogen-bond donors (Lipinski definition) is 0. The van der Waals surface area contributed by atoms with Crippen molar-refractivity contribution in [2.24, 2.45) is 0 Å². The average molecular weight is 582 g/mol. The number of piperazine rings is 1. The molecule has 0 saturated carbocycles. The summed E-state index contributed by atoms with van der Waals surface area (Å²) in [6, 6.07) is 0. The summed E-state index contributed by atoms with van der Waals surface area (Å²) in [5, 5.41) is 0. The topological polar surface area (TPSA) is 40.6 Å². The van der Waals surface area contributed by atoms with Crippen molar-refractivity contribution in [3.63, 3.8) is 0 Å². The lowest BCUT2D eigenvalue weighted by Crippen LogP contribution is -2.50. The third-order valence-electron chi connectivity index (χ3n) is 4.25. The molecule has 1 aliphatic rings. The normalized spacial score (nSPS) is 12.2. The number of terminal acetylenes is 2. The highest BCUT2D eigenvalue weighted by Gasteiger charge is 2.23. The van der Waals surface area contributed by atoms with Crippen molar-refractivity contribution in [1.82, 2.24) is 9.80 Å². The molecule has 4 nitrogen and oxygen atoms in total. The zero-order valence-corrected chi connectivity index (χ0v) is 25.6. The molecule has 0 aliphatic carbocycles. The molecular weight excluding hydrogens is 558 g/mol. The van der Waals surface area contributed by atoms with E-state index in [0.717, 1.165) is 23.9 Å². The van der Waals surface area contributed by atoms with Gasteiger partial charge in [0.15, 0.2) is 0 Å². The van der Waals surface area contributed by atoms with Gasteiger partial charge < -0.3 is 9.80 Å². The zero-order chi connectivity index (χ0) is 26.3. The number of hydrogen-bond acceptors (Lipinski definition) is 2. The van der Waals surface area contributed by atoms with Crippen LogP contribution in [0.1, 0.15) is 19.3 Å². The molecule has 36 heavy (non-hydrogen) atoms. The maximum atomic E-state index is 12.5. The van der Waals surface area contributed by atoms with Gasteiger partial charge in [-0.05, 0) is 85.0 Å². The number of carbonyl (C=O) groups excluding carboxylic acids is 2. The molecule has 0 radical (unpaired) electrons. The van der Waals surface area contributed by atoms with E-state index >= 15 is 0 Å². The summed E-state index contributed by atoms with van der Waals surface area (Å²) in [6.45, 7) is 2.03. The van der Waals surface area contributed by atoms with E-state index < -0.39 is 7.92 Å². The highest BCUT2D eigenvalue weighted by atomic mass is 32.7. The molecule has 5 atom stereocenters. The van der Waals surface area contributed by atoms with Gasteiger partial charge in [0.1, 0.15) is 0 Å². The van der Waals surface area contributed by atoms with Crippen LogP contribution < -0.4 is 0 Å². The van der Waals surface area contributed by atoms with Crippen LogP contribution in [-0.2, 0) is 9.59 Å². The van der Waals surface area contributed by atoms with Gasteiger partial charge in [-0.15, -0.1) is 21.8 Å². The third-order valence-corrected chi connectivity index (χ3v) is 18.7. The van der Waals surface area contributed by atoms with Gasteiger partial charge in [0, 0.05) is 45.4 Å². The molecule has 0 aromatic carbocycles. The molecule has 10 heteroatoms. The maximum Gasteiger partial charge on any atom is 0.223 e. The Hall–Kier alpha value is -2.00. The Balaban J connectivity index is 2.34. The molecule has 0 bridgehead atoms. The SMILES string of the molecule is C#CC#CP(C#CC#C)CCC(=O)N1CCN(C(=O)CCC#CC#CC#CC#CPPPPP)CC1. The van der Waals surface area contributed by atoms with Crippen LogP contribution in [0.15, 0.2) is 0 Å². The van der Waals surface area contributed by atoms with Crippen LogP contribution in [0.4, 0.5) is 0 Å². The second-order valence-corrected chi connectivity index (χ2v) is 19.7. The highest BCUT2D eigenvalue weighted by molar-refractivity contribution is 8.67. The van der Waals surface area contributed by atoms with E-state index in [-0.39, 0.29) is 11.8 Å². The maximum absolute atomic E-state index is 12.5. The van der Waals surface area contributed by atoms with E-state index in [4.69, 9.17) is 12.8 Å². The lowest BCUT2D eigenvalue weighted by molar-refractivity contribution is -0.139. The molecule has 2 amide bonds. The summed E-state index contributed by atoms with van der Waals surface area (Å²) in [7, 11) is 5.25. The van der Waals surface area contributed by atoms with Crippen LogP contribution in [0, 0.1) is 95.0 Å². The van der Waals surface area contributed by atoms with E-state index in [9.17, 15) is 9.59 Å². The fourth-order valence-electron chi connectivity index (χ4n) is 2.63. The lowest BCUT2D eigenvalue weighted by Gasteiger charge is -2.35. The molecule has 1 fully saturated rings. The molecule has 0 spiro atoms. The van der Waals surface area contributed by atoms with Crippen molar-refractivity contribution in [2.75, 3.05) is 32.3 Å². The van der Waals surface area contributed by atoms with Crippen LogP contribution in [0.5, 0.6) is 0 Å². The van der Waals surface area contributed by atoms with E-state index in [1.165, 1.54) is 0 Å². The average Bonchev–Trinajstić information content (AvgIpc) is 2.90. The minimum Gasteiger partial charge on any atom is -0.339 e. The first kappa shape index (κ1) is 32.0. The molecule has 0 aromatic rings. The van der Waals surface area contributed by atoms with Crippen LogP contribution in [-0.4, -0.2) is 54.0 Å². The molecular formula is C26H24N2O2P6. The Morgan fingerprint density at radius 3 is 1.92 bits per heavy atom. The first-order chi connectivity index (χ1) is 17.6. The monoisotopic (exact) mass is 582 g/mol. The van der Waals surface area contributed by atoms with Crippen molar-refractivity contribution < 1.29 is 9.59 Å². The fraction of sp³-hybridized carbons (Fsp3) is 0.308. The van der Waals surface area contributed by atoms with Gasteiger partial charge in [-0.1, -0.05) is 35.5 Å². The van der Waals surface area contributed by atoms with Crippen molar-refractivity contribution in [3.8, 4) is 95.0 Å². The fourth-order valence-corrected chi connectivity index (χ4v) is 16.1. The van der Waals surface area contributed by atoms with E-state index in [1.807, 2.05) is 0 Å². The zero-order valence-electron chi connectivity index (χ0n) is 19.5. The molecule has 0 aromatic heterocycles. The molecule has 1 aliphatic heterocycles. The molecule has 5 unspecified atom stereocenters. The van der Waals surface area contributed by atoms with Gasteiger partial charge in [-0.25, -0.2) is 0 Å². The summed E-state index contributed by atoms with van der Waals surface area (Å²) in [6.07, 6.45) is 11.9. The Kier molecular flexibility index (Phi) is 19.8. The van der Waals surface area contributed by atoms with Crippen LogP contribution >= 0.6 is 49.0 Å². The minimum atomic E-state index is -1.02. The van der Waals surface area contributed by atoms with E-state index in [1.54, 1.807) is 9.80 Å². The predicted octanol–water partition coefficient (Wildman–Crippen LogP) is 3.72. The predicted molar refractivity (Wildman–Crippen MR) is 166 cm³/mol. The summed E-state index contributed by atoms with van der Waals surface area (Å²) in [4.78, 5) is 28.5. The Morgan fingerprint density at radius 1 is 0.778 bits per heavy atom. The van der Waals surface area contributed by atoms with Crippen molar-refractivity contribution in [3.05, 3.63) is 0 Å². The van der Waals surface area contributed by atoms with Crippen molar-refractivity contribution in [2.45, 2.75) is 19.3 Å². The number of rotatable bonds is 8.